The number of rotatable bonds is 2. The minimum atomic E-state index is -3.19. The van der Waals surface area contributed by atoms with E-state index in [-0.39, 0.29) is 23.1 Å². The van der Waals surface area contributed by atoms with Gasteiger partial charge in [-0.1, -0.05) is 6.92 Å². The highest BCUT2D eigenvalue weighted by Crippen LogP contribution is 2.27. The number of thiazole rings is 1. The molecule has 0 aromatic carbocycles. The summed E-state index contributed by atoms with van der Waals surface area (Å²) in [6.45, 7) is 3.74. The van der Waals surface area contributed by atoms with Crippen molar-refractivity contribution in [2.75, 3.05) is 31.1 Å². The molecule has 1 amide bonds. The van der Waals surface area contributed by atoms with E-state index in [0.717, 1.165) is 6.54 Å². The topological polar surface area (TPSA) is 92.1 Å². The van der Waals surface area contributed by atoms with Crippen LogP contribution in [0.25, 0.3) is 4.96 Å². The minimum absolute atomic E-state index is 0.0103. The van der Waals surface area contributed by atoms with Crippen molar-refractivity contribution in [1.82, 2.24) is 19.2 Å². The van der Waals surface area contributed by atoms with Gasteiger partial charge in [0.05, 0.1) is 17.5 Å². The highest BCUT2D eigenvalue weighted by Gasteiger charge is 2.48. The van der Waals surface area contributed by atoms with E-state index in [0.29, 0.717) is 18.1 Å². The Kier molecular flexibility index (Phi) is 3.93. The van der Waals surface area contributed by atoms with E-state index in [4.69, 9.17) is 0 Å². The molecule has 2 aromatic rings. The summed E-state index contributed by atoms with van der Waals surface area (Å²) in [6.07, 6.45) is 2.89. The molecule has 2 atom stereocenters. The Morgan fingerprint density at radius 1 is 1.32 bits per heavy atom. The van der Waals surface area contributed by atoms with Crippen molar-refractivity contribution < 1.29 is 13.2 Å². The summed E-state index contributed by atoms with van der Waals surface area (Å²) in [5, 5.41) is 1.73. The zero-order chi connectivity index (χ0) is 17.8. The van der Waals surface area contributed by atoms with Crippen molar-refractivity contribution in [3.8, 4) is 0 Å². The molecule has 25 heavy (non-hydrogen) atoms. The second-order valence-corrected chi connectivity index (χ2v) is 9.40. The van der Waals surface area contributed by atoms with Gasteiger partial charge in [-0.2, -0.15) is 0 Å². The molecule has 10 heteroatoms. The molecule has 134 valence electrons. The Labute approximate surface area is 148 Å². The number of likely N-dealkylation sites (N-methyl/N-ethyl adjacent to an activating group) is 1. The third-order valence-electron chi connectivity index (χ3n) is 5.03. The van der Waals surface area contributed by atoms with Crippen LogP contribution < -0.4 is 5.56 Å². The maximum absolute atomic E-state index is 13.0. The molecule has 2 saturated heterocycles. The van der Waals surface area contributed by atoms with Gasteiger partial charge < -0.3 is 4.90 Å². The van der Waals surface area contributed by atoms with E-state index in [1.165, 1.54) is 21.9 Å². The fraction of sp³-hybridized carbons (Fsp3) is 0.533. The van der Waals surface area contributed by atoms with Gasteiger partial charge >= 0.3 is 0 Å². The second kappa shape index (κ2) is 5.89. The van der Waals surface area contributed by atoms with Crippen LogP contribution in [0.3, 0.4) is 0 Å². The van der Waals surface area contributed by atoms with Crippen molar-refractivity contribution in [3.05, 3.63) is 33.7 Å². The van der Waals surface area contributed by atoms with E-state index in [2.05, 4.69) is 9.88 Å². The Bertz CT molecular complexity index is 996. The standard InChI is InChI=1S/C15H18N4O4S2/c1-2-17-3-4-18(12-9-25(22,23)8-11(12)17)13(20)10-7-16-15-19(14(10)21)5-6-24-15/h5-7,11-12H,2-4,8-9H2,1H3/t11-,12+/m0/s1. The van der Waals surface area contributed by atoms with E-state index in [9.17, 15) is 18.0 Å². The summed E-state index contributed by atoms with van der Waals surface area (Å²) in [7, 11) is -3.19. The van der Waals surface area contributed by atoms with Gasteiger partial charge in [0.1, 0.15) is 5.56 Å². The second-order valence-electron chi connectivity index (χ2n) is 6.37. The molecule has 2 aromatic heterocycles. The van der Waals surface area contributed by atoms with E-state index < -0.39 is 27.3 Å². The fourth-order valence-electron chi connectivity index (χ4n) is 3.80. The van der Waals surface area contributed by atoms with Crippen LogP contribution in [-0.4, -0.2) is 76.7 Å². The van der Waals surface area contributed by atoms with Crippen molar-refractivity contribution in [3.63, 3.8) is 0 Å². The van der Waals surface area contributed by atoms with Crippen LogP contribution in [0.5, 0.6) is 0 Å². The summed E-state index contributed by atoms with van der Waals surface area (Å²) in [4.78, 5) is 33.9. The van der Waals surface area contributed by atoms with Gasteiger partial charge in [0.2, 0.25) is 0 Å². The molecule has 0 saturated carbocycles. The molecule has 0 spiro atoms. The number of hydrogen-bond acceptors (Lipinski definition) is 7. The van der Waals surface area contributed by atoms with E-state index >= 15 is 0 Å². The predicted octanol–water partition coefficient (Wildman–Crippen LogP) is -0.301. The smallest absolute Gasteiger partial charge is 0.271 e. The maximum Gasteiger partial charge on any atom is 0.271 e. The first-order valence-corrected chi connectivity index (χ1v) is 10.8. The number of aromatic nitrogens is 2. The van der Waals surface area contributed by atoms with Gasteiger partial charge in [-0.3, -0.25) is 18.9 Å². The Morgan fingerprint density at radius 3 is 2.84 bits per heavy atom. The van der Waals surface area contributed by atoms with Crippen LogP contribution in [0.4, 0.5) is 0 Å². The van der Waals surface area contributed by atoms with Crippen LogP contribution in [0.2, 0.25) is 0 Å². The molecule has 2 fully saturated rings. The monoisotopic (exact) mass is 382 g/mol. The Morgan fingerprint density at radius 2 is 2.08 bits per heavy atom. The minimum Gasteiger partial charge on any atom is -0.332 e. The number of hydrogen-bond donors (Lipinski definition) is 0. The van der Waals surface area contributed by atoms with Gasteiger partial charge in [-0.25, -0.2) is 13.4 Å². The predicted molar refractivity (Wildman–Crippen MR) is 93.9 cm³/mol. The lowest BCUT2D eigenvalue weighted by Crippen LogP contribution is -2.60. The highest BCUT2D eigenvalue weighted by atomic mass is 32.2. The van der Waals surface area contributed by atoms with Crippen LogP contribution >= 0.6 is 11.3 Å². The molecular weight excluding hydrogens is 364 g/mol. The van der Waals surface area contributed by atoms with E-state index in [1.807, 2.05) is 6.92 Å². The SMILES string of the molecule is CCN1CCN(C(=O)c2cnc3sccn3c2=O)[C@@H]2CS(=O)(=O)C[C@@H]21. The molecule has 2 aliphatic rings. The van der Waals surface area contributed by atoms with Crippen molar-refractivity contribution in [1.29, 1.82) is 0 Å². The molecule has 4 rings (SSSR count). The third kappa shape index (κ3) is 2.68. The first-order chi connectivity index (χ1) is 11.9. The summed E-state index contributed by atoms with van der Waals surface area (Å²) >= 11 is 1.32. The molecule has 0 unspecified atom stereocenters. The molecule has 0 radical (unpaired) electrons. The molecule has 0 bridgehead atoms. The maximum atomic E-state index is 13.0. The zero-order valence-electron chi connectivity index (χ0n) is 13.7. The quantitative estimate of drug-likeness (QED) is 0.708. The van der Waals surface area contributed by atoms with E-state index in [1.54, 1.807) is 16.5 Å². The molecular formula is C15H18N4O4S2. The van der Waals surface area contributed by atoms with Crippen LogP contribution in [0.15, 0.2) is 22.6 Å². The number of fused-ring (bicyclic) bond motifs is 2. The average molecular weight is 382 g/mol. The molecule has 4 heterocycles. The van der Waals surface area contributed by atoms with Crippen LogP contribution in [-0.2, 0) is 9.84 Å². The summed E-state index contributed by atoms with van der Waals surface area (Å²) < 4.78 is 25.6. The van der Waals surface area contributed by atoms with Crippen molar-refractivity contribution in [2.24, 2.45) is 0 Å². The highest BCUT2D eigenvalue weighted by molar-refractivity contribution is 7.91. The van der Waals surface area contributed by atoms with Gasteiger partial charge in [0, 0.05) is 36.9 Å². The largest absolute Gasteiger partial charge is 0.332 e. The molecule has 0 N–H and O–H groups in total. The lowest BCUT2D eigenvalue weighted by molar-refractivity contribution is 0.0347. The molecule has 8 nitrogen and oxygen atoms in total. The van der Waals surface area contributed by atoms with Crippen molar-refractivity contribution in [2.45, 2.75) is 19.0 Å². The Balaban J connectivity index is 1.72. The fourth-order valence-corrected chi connectivity index (χ4v) is 6.48. The third-order valence-corrected chi connectivity index (χ3v) is 7.50. The average Bonchev–Trinajstić information content (AvgIpc) is 3.17. The number of sulfone groups is 1. The number of carbonyl (C=O) groups excluding carboxylic acids is 1. The van der Waals surface area contributed by atoms with Gasteiger partial charge in [-0.05, 0) is 6.54 Å². The summed E-state index contributed by atoms with van der Waals surface area (Å²) in [5.41, 5.74) is -0.421. The normalized spacial score (nSPS) is 26.0. The van der Waals surface area contributed by atoms with Crippen LogP contribution in [0.1, 0.15) is 17.3 Å². The van der Waals surface area contributed by atoms with Gasteiger partial charge in [0.25, 0.3) is 11.5 Å². The van der Waals surface area contributed by atoms with Crippen molar-refractivity contribution >= 4 is 32.0 Å². The molecule has 2 aliphatic heterocycles. The number of piperazine rings is 1. The van der Waals surface area contributed by atoms with Gasteiger partial charge in [-0.15, -0.1) is 11.3 Å². The Hall–Kier alpha value is -1.78. The lowest BCUT2D eigenvalue weighted by atomic mass is 10.0. The number of nitrogens with zero attached hydrogens (tertiary/aromatic N) is 4. The van der Waals surface area contributed by atoms with Gasteiger partial charge in [0.15, 0.2) is 14.8 Å². The number of amides is 1. The first-order valence-electron chi connectivity index (χ1n) is 8.11. The zero-order valence-corrected chi connectivity index (χ0v) is 15.3. The lowest BCUT2D eigenvalue weighted by Gasteiger charge is -2.43. The summed E-state index contributed by atoms with van der Waals surface area (Å²) in [6, 6.07) is -0.609. The first kappa shape index (κ1) is 16.7. The van der Waals surface area contributed by atoms with Crippen LogP contribution in [0, 0.1) is 0 Å². The number of carbonyl (C=O) groups is 1. The summed E-state index contributed by atoms with van der Waals surface area (Å²) in [5.74, 6) is -0.410. The molecule has 0 aliphatic carbocycles.